The Bertz CT molecular complexity index is 251. The molecule has 0 spiro atoms. The zero-order valence-electron chi connectivity index (χ0n) is 9.62. The van der Waals surface area contributed by atoms with E-state index in [0.29, 0.717) is 13.2 Å². The highest BCUT2D eigenvalue weighted by Gasteiger charge is 2.23. The van der Waals surface area contributed by atoms with Crippen LogP contribution >= 0.6 is 0 Å². The highest BCUT2D eigenvalue weighted by Crippen LogP contribution is 1.99. The number of hydrogen-bond donors (Lipinski definition) is 2. The van der Waals surface area contributed by atoms with E-state index in [0.717, 1.165) is 6.54 Å². The molecule has 0 bridgehead atoms. The summed E-state index contributed by atoms with van der Waals surface area (Å²) in [4.78, 5) is 22.6. The van der Waals surface area contributed by atoms with Crippen molar-refractivity contribution in [1.82, 2.24) is 10.6 Å². The van der Waals surface area contributed by atoms with Gasteiger partial charge in [0.25, 0.3) is 5.91 Å². The Morgan fingerprint density at radius 2 is 2.38 bits per heavy atom. The van der Waals surface area contributed by atoms with Crippen molar-refractivity contribution in [2.24, 2.45) is 0 Å². The second kappa shape index (κ2) is 6.44. The van der Waals surface area contributed by atoms with Gasteiger partial charge in [-0.1, -0.05) is 0 Å². The van der Waals surface area contributed by atoms with Crippen LogP contribution in [0.2, 0.25) is 0 Å². The summed E-state index contributed by atoms with van der Waals surface area (Å²) in [6.07, 6.45) is -0.295. The van der Waals surface area contributed by atoms with E-state index >= 15 is 0 Å². The molecular weight excluding hydrogens is 212 g/mol. The number of rotatable bonds is 4. The third-order valence-electron chi connectivity index (χ3n) is 2.31. The van der Waals surface area contributed by atoms with Crippen LogP contribution in [0.25, 0.3) is 0 Å². The van der Waals surface area contributed by atoms with Crippen molar-refractivity contribution >= 4 is 11.9 Å². The van der Waals surface area contributed by atoms with Crippen LogP contribution in [0.3, 0.4) is 0 Å². The minimum atomic E-state index is -0.464. The Morgan fingerprint density at radius 1 is 1.62 bits per heavy atom. The molecule has 2 N–H and O–H groups in total. The molecule has 0 aromatic carbocycles. The van der Waals surface area contributed by atoms with Crippen molar-refractivity contribution in [2.75, 3.05) is 26.8 Å². The Balaban J connectivity index is 2.29. The number of methoxy groups -OCH3 is 1. The molecule has 1 aliphatic heterocycles. The number of carbonyl (C=O) groups is 2. The van der Waals surface area contributed by atoms with Gasteiger partial charge in [0.15, 0.2) is 0 Å². The van der Waals surface area contributed by atoms with Gasteiger partial charge in [0.05, 0.1) is 20.1 Å². The first-order chi connectivity index (χ1) is 7.63. The number of carbonyl (C=O) groups excluding carboxylic acids is 2. The van der Waals surface area contributed by atoms with Crippen LogP contribution in [0.4, 0.5) is 0 Å². The van der Waals surface area contributed by atoms with Gasteiger partial charge in [0, 0.05) is 19.1 Å². The molecule has 1 amide bonds. The number of hydrogen-bond acceptors (Lipinski definition) is 5. The van der Waals surface area contributed by atoms with Crippen molar-refractivity contribution in [3.05, 3.63) is 0 Å². The first-order valence-corrected chi connectivity index (χ1v) is 5.33. The average molecular weight is 230 g/mol. The quantitative estimate of drug-likeness (QED) is 0.608. The molecule has 92 valence electrons. The lowest BCUT2D eigenvalue weighted by Gasteiger charge is -2.24. The first-order valence-electron chi connectivity index (χ1n) is 5.33. The third-order valence-corrected chi connectivity index (χ3v) is 2.31. The summed E-state index contributed by atoms with van der Waals surface area (Å²) < 4.78 is 9.80. The molecule has 2 unspecified atom stereocenters. The summed E-state index contributed by atoms with van der Waals surface area (Å²) >= 11 is 0. The maximum atomic E-state index is 11.7. The van der Waals surface area contributed by atoms with Crippen LogP contribution in [0.5, 0.6) is 0 Å². The summed E-state index contributed by atoms with van der Waals surface area (Å²) in [5, 5.41) is 5.77. The molecular formula is C10H18N2O4. The standard InChI is InChI=1S/C10H18N2O4/c1-7(5-9(13)15-2)12-10(14)8-6-11-3-4-16-8/h7-8,11H,3-6H2,1-2H3,(H,12,14). The van der Waals surface area contributed by atoms with E-state index in [1.807, 2.05) is 0 Å². The smallest absolute Gasteiger partial charge is 0.307 e. The van der Waals surface area contributed by atoms with Gasteiger partial charge in [0.2, 0.25) is 0 Å². The number of nitrogens with one attached hydrogen (secondary N) is 2. The molecule has 0 aliphatic carbocycles. The molecule has 1 aliphatic rings. The number of esters is 1. The molecule has 0 aromatic heterocycles. The zero-order chi connectivity index (χ0) is 12.0. The van der Waals surface area contributed by atoms with Crippen LogP contribution in [-0.2, 0) is 19.1 Å². The van der Waals surface area contributed by atoms with Crippen molar-refractivity contribution < 1.29 is 19.1 Å². The van der Waals surface area contributed by atoms with Crippen molar-refractivity contribution in [1.29, 1.82) is 0 Å². The fourth-order valence-corrected chi connectivity index (χ4v) is 1.45. The molecule has 6 heteroatoms. The summed E-state index contributed by atoms with van der Waals surface area (Å²) in [5.74, 6) is -0.529. The Kier molecular flexibility index (Phi) is 5.21. The second-order valence-corrected chi connectivity index (χ2v) is 3.75. The van der Waals surface area contributed by atoms with Gasteiger partial charge in [-0.15, -0.1) is 0 Å². The van der Waals surface area contributed by atoms with Gasteiger partial charge in [-0.2, -0.15) is 0 Å². The molecule has 6 nitrogen and oxygen atoms in total. The van der Waals surface area contributed by atoms with E-state index in [2.05, 4.69) is 15.4 Å². The van der Waals surface area contributed by atoms with Crippen molar-refractivity contribution in [2.45, 2.75) is 25.5 Å². The van der Waals surface area contributed by atoms with Crippen LogP contribution in [0.15, 0.2) is 0 Å². The van der Waals surface area contributed by atoms with Gasteiger partial charge >= 0.3 is 5.97 Å². The second-order valence-electron chi connectivity index (χ2n) is 3.75. The molecule has 2 atom stereocenters. The van der Waals surface area contributed by atoms with Gasteiger partial charge in [-0.3, -0.25) is 9.59 Å². The third kappa shape index (κ3) is 4.16. The van der Waals surface area contributed by atoms with Gasteiger partial charge in [-0.05, 0) is 6.92 Å². The van der Waals surface area contributed by atoms with E-state index in [4.69, 9.17) is 4.74 Å². The topological polar surface area (TPSA) is 76.7 Å². The molecule has 0 radical (unpaired) electrons. The number of morpholine rings is 1. The summed E-state index contributed by atoms with van der Waals surface area (Å²) in [6.45, 7) is 3.56. The van der Waals surface area contributed by atoms with Gasteiger partial charge < -0.3 is 20.1 Å². The van der Waals surface area contributed by atoms with Crippen LogP contribution in [0.1, 0.15) is 13.3 Å². The molecule has 1 fully saturated rings. The molecule has 0 aromatic rings. The predicted octanol–water partition coefficient (Wildman–Crippen LogP) is -0.957. The summed E-state index contributed by atoms with van der Waals surface area (Å²) in [7, 11) is 1.32. The fraction of sp³-hybridized carbons (Fsp3) is 0.800. The predicted molar refractivity (Wildman–Crippen MR) is 56.8 cm³/mol. The normalized spacial score (nSPS) is 22.2. The number of amides is 1. The molecule has 1 rings (SSSR count). The fourth-order valence-electron chi connectivity index (χ4n) is 1.45. The minimum Gasteiger partial charge on any atom is -0.469 e. The average Bonchev–Trinajstić information content (AvgIpc) is 2.29. The first kappa shape index (κ1) is 12.9. The lowest BCUT2D eigenvalue weighted by Crippen LogP contribution is -2.50. The SMILES string of the molecule is COC(=O)CC(C)NC(=O)C1CNCCO1. The van der Waals surface area contributed by atoms with Crippen molar-refractivity contribution in [3.63, 3.8) is 0 Å². The molecule has 1 saturated heterocycles. The van der Waals surface area contributed by atoms with Gasteiger partial charge in [-0.25, -0.2) is 0 Å². The van der Waals surface area contributed by atoms with Gasteiger partial charge in [0.1, 0.15) is 6.10 Å². The zero-order valence-corrected chi connectivity index (χ0v) is 9.62. The minimum absolute atomic E-state index is 0.169. The largest absolute Gasteiger partial charge is 0.469 e. The highest BCUT2D eigenvalue weighted by molar-refractivity contribution is 5.82. The highest BCUT2D eigenvalue weighted by atomic mass is 16.5. The maximum Gasteiger partial charge on any atom is 0.307 e. The van der Waals surface area contributed by atoms with Crippen molar-refractivity contribution in [3.8, 4) is 0 Å². The molecule has 16 heavy (non-hydrogen) atoms. The number of ether oxygens (including phenoxy) is 2. The Morgan fingerprint density at radius 3 is 2.94 bits per heavy atom. The molecule has 1 heterocycles. The Labute approximate surface area is 94.7 Å². The van der Waals surface area contributed by atoms with Crippen LogP contribution in [0, 0.1) is 0 Å². The van der Waals surface area contributed by atoms with E-state index in [1.54, 1.807) is 6.92 Å². The monoisotopic (exact) mass is 230 g/mol. The van der Waals surface area contributed by atoms with E-state index in [-0.39, 0.29) is 24.3 Å². The van der Waals surface area contributed by atoms with E-state index in [9.17, 15) is 9.59 Å². The van der Waals surface area contributed by atoms with Crippen LogP contribution in [-0.4, -0.2) is 50.8 Å². The maximum absolute atomic E-state index is 11.7. The van der Waals surface area contributed by atoms with Crippen LogP contribution < -0.4 is 10.6 Å². The Hall–Kier alpha value is -1.14. The van der Waals surface area contributed by atoms with E-state index < -0.39 is 6.10 Å². The molecule has 0 saturated carbocycles. The lowest BCUT2D eigenvalue weighted by atomic mass is 10.2. The lowest BCUT2D eigenvalue weighted by molar-refractivity contribution is -0.141. The summed E-state index contributed by atoms with van der Waals surface area (Å²) in [5.41, 5.74) is 0. The summed E-state index contributed by atoms with van der Waals surface area (Å²) in [6, 6.07) is -0.245. The van der Waals surface area contributed by atoms with E-state index in [1.165, 1.54) is 7.11 Å².